The molecule has 0 N–H and O–H groups in total. The third-order valence-electron chi connectivity index (χ3n) is 18.9. The number of aromatic nitrogens is 4. The van der Waals surface area contributed by atoms with Crippen LogP contribution in [-0.4, -0.2) is 18.3 Å². The maximum absolute atomic E-state index is 13.1. The Balaban J connectivity index is 1.22. The second-order valence-corrected chi connectivity index (χ2v) is 27.1. The summed E-state index contributed by atoms with van der Waals surface area (Å²) in [6, 6.07) is 76.9. The van der Waals surface area contributed by atoms with Crippen molar-refractivity contribution in [3.05, 3.63) is 228 Å². The fourth-order valence-electron chi connectivity index (χ4n) is 14.8. The second kappa shape index (κ2) is 17.9. The van der Waals surface area contributed by atoms with Gasteiger partial charge in [-0.25, -0.2) is 0 Å². The van der Waals surface area contributed by atoms with Crippen LogP contribution in [0.15, 0.2) is 209 Å². The topological polar surface area (TPSA) is 93.6 Å². The zero-order chi connectivity index (χ0) is 60.0. The van der Waals surface area contributed by atoms with Crippen LogP contribution in [-0.2, 0) is 16.2 Å². The molecule has 6 heterocycles. The van der Waals surface area contributed by atoms with Crippen LogP contribution < -0.4 is 0 Å². The van der Waals surface area contributed by atoms with E-state index in [1.807, 2.05) is 24.3 Å². The Kier molecular flexibility index (Phi) is 10.5. The molecule has 0 radical (unpaired) electrons. The molecule has 422 valence electrons. The van der Waals surface area contributed by atoms with E-state index < -0.39 is 0 Å². The summed E-state index contributed by atoms with van der Waals surface area (Å²) >= 11 is 0. The lowest BCUT2D eigenvalue weighted by Crippen LogP contribution is -2.17. The number of hydrogen-bond donors (Lipinski definition) is 0. The first-order valence-corrected chi connectivity index (χ1v) is 30.4. The number of furan rings is 2. The lowest BCUT2D eigenvalue weighted by Gasteiger charge is -2.27. The molecule has 88 heavy (non-hydrogen) atoms. The number of fused-ring (bicyclic) bond motifs is 20. The Labute approximate surface area is 507 Å². The normalized spacial score (nSPS) is 12.8. The summed E-state index contributed by atoms with van der Waals surface area (Å²) in [5.74, 6) is 0. The van der Waals surface area contributed by atoms with Crippen LogP contribution in [0.25, 0.3) is 154 Å². The van der Waals surface area contributed by atoms with E-state index in [9.17, 15) is 10.5 Å². The second-order valence-electron chi connectivity index (χ2n) is 27.1. The molecule has 6 aromatic heterocycles. The molecule has 0 bridgehead atoms. The first-order chi connectivity index (χ1) is 42.5. The van der Waals surface area contributed by atoms with Gasteiger partial charge in [0.25, 0.3) is 0 Å². The first-order valence-electron chi connectivity index (χ1n) is 30.4. The fraction of sp³-hybridized carbons (Fsp3) is 0.150. The largest absolute Gasteiger partial charge is 0.454 e. The maximum Gasteiger partial charge on any atom is 0.160 e. The van der Waals surface area contributed by atoms with Gasteiger partial charge in [0.1, 0.15) is 34.4 Å². The van der Waals surface area contributed by atoms with E-state index >= 15 is 0 Å². The summed E-state index contributed by atoms with van der Waals surface area (Å²) < 4.78 is 23.8. The molecule has 0 unspecified atom stereocenters. The minimum Gasteiger partial charge on any atom is -0.454 e. The number of rotatable bonds is 4. The highest BCUT2D eigenvalue weighted by Crippen LogP contribution is 2.53. The predicted octanol–water partition coefficient (Wildman–Crippen LogP) is 21.5. The van der Waals surface area contributed by atoms with E-state index in [1.165, 1.54) is 5.56 Å². The molecule has 0 fully saturated rings. The van der Waals surface area contributed by atoms with Gasteiger partial charge >= 0.3 is 0 Å². The summed E-state index contributed by atoms with van der Waals surface area (Å²) in [5, 5.41) is 38.2. The number of benzene rings is 11. The predicted molar refractivity (Wildman–Crippen MR) is 364 cm³/mol. The summed E-state index contributed by atoms with van der Waals surface area (Å²) in [5.41, 5.74) is 15.5. The average Bonchev–Trinajstić information content (AvgIpc) is 1.48. The van der Waals surface area contributed by atoms with Crippen molar-refractivity contribution < 1.29 is 8.83 Å². The highest BCUT2D eigenvalue weighted by atomic mass is 16.3. The van der Waals surface area contributed by atoms with Gasteiger partial charge in [0.2, 0.25) is 0 Å². The molecule has 8 heteroatoms. The third kappa shape index (κ3) is 6.94. The molecule has 17 aromatic rings. The fourth-order valence-corrected chi connectivity index (χ4v) is 14.8. The molecule has 17 rings (SSSR count). The zero-order valence-corrected chi connectivity index (χ0v) is 50.6. The van der Waals surface area contributed by atoms with Gasteiger partial charge in [-0.15, -0.1) is 0 Å². The van der Waals surface area contributed by atoms with Crippen molar-refractivity contribution in [1.29, 1.82) is 10.5 Å². The smallest absolute Gasteiger partial charge is 0.160 e. The Hall–Kier alpha value is -10.8. The molecule has 0 aliphatic heterocycles. The minimum absolute atomic E-state index is 0.203. The van der Waals surface area contributed by atoms with E-state index in [-0.39, 0.29) is 16.2 Å². The van der Waals surface area contributed by atoms with Crippen molar-refractivity contribution in [2.75, 3.05) is 0 Å². The summed E-state index contributed by atoms with van der Waals surface area (Å²) in [7, 11) is 0. The molecule has 0 saturated heterocycles. The van der Waals surface area contributed by atoms with E-state index in [1.54, 1.807) is 0 Å². The zero-order valence-electron chi connectivity index (χ0n) is 50.6. The molecule has 0 spiro atoms. The number of nitriles is 2. The van der Waals surface area contributed by atoms with Gasteiger partial charge in [-0.2, -0.15) is 10.5 Å². The van der Waals surface area contributed by atoms with E-state index in [2.05, 4.69) is 269 Å². The van der Waals surface area contributed by atoms with Crippen LogP contribution in [0.4, 0.5) is 0 Å². The standard InChI is InChI=1S/C80H60N6O2/c1-78(2,3)45-34-38-65-55(40-45)52-36-37-53-51-26-14-20-32-67(51)87-76(53)73(52)85(65)70-58(43-81)71(83-61-28-16-10-22-47(61)48-23-11-17-29-62(48)83)75(72(59(70)44-82)84-63-30-18-12-24-49(63)50-25-13-19-31-64(50)84)86-66-39-35-46(79(4,5)6)41-56(66)57-42-60(80(7,8)9)69-54-27-15-21-33-68(54)88-77(69)74(57)86/h10-42H,1-9H3. The van der Waals surface area contributed by atoms with Gasteiger partial charge < -0.3 is 27.1 Å². The Morgan fingerprint density at radius 1 is 0.307 bits per heavy atom. The molecule has 0 saturated carbocycles. The van der Waals surface area contributed by atoms with Crippen molar-refractivity contribution in [3.8, 4) is 34.9 Å². The van der Waals surface area contributed by atoms with E-state index in [4.69, 9.17) is 8.83 Å². The van der Waals surface area contributed by atoms with Crippen molar-refractivity contribution in [1.82, 2.24) is 18.3 Å². The van der Waals surface area contributed by atoms with Crippen LogP contribution in [0.1, 0.15) is 90.1 Å². The van der Waals surface area contributed by atoms with E-state index in [0.717, 1.165) is 137 Å². The molecular formula is C80H60N6O2. The molecule has 0 amide bonds. The lowest BCUT2D eigenvalue weighted by atomic mass is 9.82. The monoisotopic (exact) mass is 1140 g/mol. The number of hydrogen-bond acceptors (Lipinski definition) is 4. The van der Waals surface area contributed by atoms with Crippen LogP contribution in [0, 0.1) is 22.7 Å². The average molecular weight is 1140 g/mol. The Morgan fingerprint density at radius 3 is 1.17 bits per heavy atom. The molecule has 11 aromatic carbocycles. The number of nitrogens with zero attached hydrogens (tertiary/aromatic N) is 6. The van der Waals surface area contributed by atoms with Gasteiger partial charge in [0.15, 0.2) is 11.2 Å². The van der Waals surface area contributed by atoms with Gasteiger partial charge in [-0.05, 0) is 106 Å². The quantitative estimate of drug-likeness (QED) is 0.175. The SMILES string of the molecule is CC(C)(C)c1ccc2c(c1)c1ccc3c4ccccc4oc3c1n2-c1c(C#N)c(-n2c3ccccc3c3ccccc32)c(-n2c3ccc(C(C)(C)C)cc3c3cc(C(C)(C)C)c4c5ccccc5oc4c32)c(-n2c3ccccc3c3ccccc32)c1C#N. The highest BCUT2D eigenvalue weighted by Gasteiger charge is 2.37. The van der Waals surface area contributed by atoms with Gasteiger partial charge in [-0.3, -0.25) is 0 Å². The summed E-state index contributed by atoms with van der Waals surface area (Å²) in [6.07, 6.45) is 0. The van der Waals surface area contributed by atoms with Gasteiger partial charge in [0.05, 0.1) is 66.9 Å². The lowest BCUT2D eigenvalue weighted by molar-refractivity contribution is 0.591. The Bertz CT molecular complexity index is 5770. The first kappa shape index (κ1) is 51.6. The molecular weight excluding hydrogens is 1080 g/mol. The maximum atomic E-state index is 13.1. The minimum atomic E-state index is -0.317. The van der Waals surface area contributed by atoms with E-state index in [0.29, 0.717) is 39.5 Å². The molecule has 0 aliphatic rings. The molecule has 8 nitrogen and oxygen atoms in total. The van der Waals surface area contributed by atoms with Crippen LogP contribution >= 0.6 is 0 Å². The Morgan fingerprint density at radius 2 is 0.693 bits per heavy atom. The van der Waals surface area contributed by atoms with Gasteiger partial charge in [-0.1, -0.05) is 190 Å². The summed E-state index contributed by atoms with van der Waals surface area (Å²) in [6.45, 7) is 20.4. The van der Waals surface area contributed by atoms with Crippen LogP contribution in [0.2, 0.25) is 0 Å². The van der Waals surface area contributed by atoms with Crippen molar-refractivity contribution in [2.45, 2.75) is 78.6 Å². The van der Waals surface area contributed by atoms with Crippen LogP contribution in [0.5, 0.6) is 0 Å². The van der Waals surface area contributed by atoms with Crippen LogP contribution in [0.3, 0.4) is 0 Å². The molecule has 0 aliphatic carbocycles. The van der Waals surface area contributed by atoms with Gasteiger partial charge in [0, 0.05) is 64.6 Å². The van der Waals surface area contributed by atoms with Crippen molar-refractivity contribution >= 4 is 131 Å². The molecule has 0 atom stereocenters. The highest BCUT2D eigenvalue weighted by molar-refractivity contribution is 6.25. The summed E-state index contributed by atoms with van der Waals surface area (Å²) in [4.78, 5) is 0. The van der Waals surface area contributed by atoms with Crippen molar-refractivity contribution in [2.24, 2.45) is 0 Å². The third-order valence-corrected chi connectivity index (χ3v) is 18.9. The van der Waals surface area contributed by atoms with Crippen molar-refractivity contribution in [3.63, 3.8) is 0 Å². The number of para-hydroxylation sites is 6.